The predicted octanol–water partition coefficient (Wildman–Crippen LogP) is 4.25. The van der Waals surface area contributed by atoms with Crippen LogP contribution in [0, 0.1) is 0 Å². The van der Waals surface area contributed by atoms with E-state index >= 15 is 0 Å². The monoisotopic (exact) mass is 237 g/mol. The molecule has 1 aromatic carbocycles. The van der Waals surface area contributed by atoms with Gasteiger partial charge in [-0.15, -0.1) is 11.8 Å². The van der Waals surface area contributed by atoms with Gasteiger partial charge in [-0.1, -0.05) is 26.0 Å². The van der Waals surface area contributed by atoms with E-state index in [0.29, 0.717) is 6.04 Å². The molecular formula is C14H23NS. The summed E-state index contributed by atoms with van der Waals surface area (Å²) < 4.78 is 0. The summed E-state index contributed by atoms with van der Waals surface area (Å²) in [7, 11) is 0. The van der Waals surface area contributed by atoms with Crippen molar-refractivity contribution in [3.05, 3.63) is 29.8 Å². The Balaban J connectivity index is 2.49. The van der Waals surface area contributed by atoms with Gasteiger partial charge in [-0.25, -0.2) is 0 Å². The number of hydrogen-bond acceptors (Lipinski definition) is 2. The summed E-state index contributed by atoms with van der Waals surface area (Å²) in [5, 5.41) is 3.50. The van der Waals surface area contributed by atoms with Crippen LogP contribution in [0.4, 0.5) is 0 Å². The van der Waals surface area contributed by atoms with E-state index in [4.69, 9.17) is 0 Å². The van der Waals surface area contributed by atoms with Gasteiger partial charge in [0, 0.05) is 10.9 Å². The average Bonchev–Trinajstić information content (AvgIpc) is 2.34. The fraction of sp³-hybridized carbons (Fsp3) is 0.571. The van der Waals surface area contributed by atoms with Crippen molar-refractivity contribution in [2.45, 2.75) is 44.6 Å². The Morgan fingerprint density at radius 3 is 2.38 bits per heavy atom. The molecule has 2 heteroatoms. The molecule has 0 saturated heterocycles. The Labute approximate surface area is 104 Å². The van der Waals surface area contributed by atoms with E-state index in [0.717, 1.165) is 6.54 Å². The number of nitrogens with one attached hydrogen (secondary N) is 1. The van der Waals surface area contributed by atoms with Gasteiger partial charge in [0.2, 0.25) is 0 Å². The van der Waals surface area contributed by atoms with Crippen LogP contribution in [0.5, 0.6) is 0 Å². The van der Waals surface area contributed by atoms with Gasteiger partial charge in [-0.05, 0) is 49.8 Å². The third-order valence-electron chi connectivity index (χ3n) is 2.55. The third kappa shape index (κ3) is 4.58. The van der Waals surface area contributed by atoms with Gasteiger partial charge in [0.15, 0.2) is 0 Å². The standard InChI is InChI=1S/C14H23NS/c1-4-10-15-12(3)13-6-8-14(9-7-13)16-11-5-2/h6-9,12,15H,4-5,10-11H2,1-3H3. The highest BCUT2D eigenvalue weighted by molar-refractivity contribution is 7.99. The Morgan fingerprint density at radius 2 is 1.81 bits per heavy atom. The van der Waals surface area contributed by atoms with Gasteiger partial charge in [-0.2, -0.15) is 0 Å². The quantitative estimate of drug-likeness (QED) is 0.712. The molecule has 1 N–H and O–H groups in total. The van der Waals surface area contributed by atoms with Crippen LogP contribution in [-0.4, -0.2) is 12.3 Å². The molecule has 0 saturated carbocycles. The third-order valence-corrected chi connectivity index (χ3v) is 3.77. The van der Waals surface area contributed by atoms with E-state index in [1.807, 2.05) is 11.8 Å². The molecule has 0 fully saturated rings. The number of thioether (sulfide) groups is 1. The minimum absolute atomic E-state index is 0.463. The predicted molar refractivity (Wildman–Crippen MR) is 74.2 cm³/mol. The van der Waals surface area contributed by atoms with Gasteiger partial charge in [-0.3, -0.25) is 0 Å². The zero-order valence-corrected chi connectivity index (χ0v) is 11.4. The lowest BCUT2D eigenvalue weighted by Crippen LogP contribution is -2.19. The van der Waals surface area contributed by atoms with E-state index in [9.17, 15) is 0 Å². The van der Waals surface area contributed by atoms with E-state index < -0.39 is 0 Å². The summed E-state index contributed by atoms with van der Waals surface area (Å²) in [6.07, 6.45) is 2.43. The molecule has 0 amide bonds. The van der Waals surface area contributed by atoms with Crippen molar-refractivity contribution in [2.75, 3.05) is 12.3 Å². The molecule has 0 aliphatic rings. The maximum absolute atomic E-state index is 3.50. The molecule has 0 aliphatic heterocycles. The van der Waals surface area contributed by atoms with Gasteiger partial charge in [0.05, 0.1) is 0 Å². The van der Waals surface area contributed by atoms with Crippen LogP contribution in [0.3, 0.4) is 0 Å². The molecule has 0 aromatic heterocycles. The number of rotatable bonds is 7. The summed E-state index contributed by atoms with van der Waals surface area (Å²) >= 11 is 1.94. The van der Waals surface area contributed by atoms with Crippen LogP contribution in [-0.2, 0) is 0 Å². The second-order valence-electron chi connectivity index (χ2n) is 4.09. The van der Waals surface area contributed by atoms with Crippen LogP contribution in [0.15, 0.2) is 29.2 Å². The van der Waals surface area contributed by atoms with Crippen LogP contribution >= 0.6 is 11.8 Å². The van der Waals surface area contributed by atoms with Crippen molar-refractivity contribution in [3.63, 3.8) is 0 Å². The van der Waals surface area contributed by atoms with Crippen LogP contribution < -0.4 is 5.32 Å². The second-order valence-corrected chi connectivity index (χ2v) is 5.26. The topological polar surface area (TPSA) is 12.0 Å². The average molecular weight is 237 g/mol. The maximum atomic E-state index is 3.50. The van der Waals surface area contributed by atoms with Crippen LogP contribution in [0.2, 0.25) is 0 Å². The number of benzene rings is 1. The van der Waals surface area contributed by atoms with E-state index in [1.54, 1.807) is 0 Å². The van der Waals surface area contributed by atoms with E-state index in [-0.39, 0.29) is 0 Å². The molecule has 0 bridgehead atoms. The Kier molecular flexibility index (Phi) is 6.58. The highest BCUT2D eigenvalue weighted by Crippen LogP contribution is 2.21. The Bertz CT molecular complexity index is 281. The molecule has 1 nitrogen and oxygen atoms in total. The molecule has 0 heterocycles. The van der Waals surface area contributed by atoms with Gasteiger partial charge < -0.3 is 5.32 Å². The summed E-state index contributed by atoms with van der Waals surface area (Å²) in [6.45, 7) is 7.74. The zero-order valence-electron chi connectivity index (χ0n) is 10.6. The highest BCUT2D eigenvalue weighted by atomic mass is 32.2. The largest absolute Gasteiger partial charge is 0.310 e. The van der Waals surface area contributed by atoms with Crippen molar-refractivity contribution in [2.24, 2.45) is 0 Å². The molecule has 1 aromatic rings. The molecular weight excluding hydrogens is 214 g/mol. The van der Waals surface area contributed by atoms with E-state index in [2.05, 4.69) is 50.4 Å². The molecule has 0 spiro atoms. The fourth-order valence-electron chi connectivity index (χ4n) is 1.55. The lowest BCUT2D eigenvalue weighted by molar-refractivity contribution is 0.570. The molecule has 1 unspecified atom stereocenters. The normalized spacial score (nSPS) is 12.7. The lowest BCUT2D eigenvalue weighted by atomic mass is 10.1. The Morgan fingerprint density at radius 1 is 1.12 bits per heavy atom. The first kappa shape index (κ1) is 13.6. The van der Waals surface area contributed by atoms with Crippen LogP contribution in [0.25, 0.3) is 0 Å². The number of hydrogen-bond donors (Lipinski definition) is 1. The van der Waals surface area contributed by atoms with Gasteiger partial charge in [0.25, 0.3) is 0 Å². The van der Waals surface area contributed by atoms with Crippen molar-refractivity contribution in [1.29, 1.82) is 0 Å². The molecule has 90 valence electrons. The van der Waals surface area contributed by atoms with Crippen molar-refractivity contribution in [1.82, 2.24) is 5.32 Å². The van der Waals surface area contributed by atoms with E-state index in [1.165, 1.54) is 29.1 Å². The first-order chi connectivity index (χ1) is 7.77. The maximum Gasteiger partial charge on any atom is 0.0291 e. The molecule has 16 heavy (non-hydrogen) atoms. The second kappa shape index (κ2) is 7.75. The minimum atomic E-state index is 0.463. The summed E-state index contributed by atoms with van der Waals surface area (Å²) in [5.41, 5.74) is 1.38. The van der Waals surface area contributed by atoms with Crippen LogP contribution in [0.1, 0.15) is 45.2 Å². The first-order valence-corrected chi connectivity index (χ1v) is 7.22. The van der Waals surface area contributed by atoms with Gasteiger partial charge in [0.1, 0.15) is 0 Å². The van der Waals surface area contributed by atoms with Crippen molar-refractivity contribution < 1.29 is 0 Å². The zero-order chi connectivity index (χ0) is 11.8. The van der Waals surface area contributed by atoms with Gasteiger partial charge >= 0.3 is 0 Å². The lowest BCUT2D eigenvalue weighted by Gasteiger charge is -2.13. The fourth-order valence-corrected chi connectivity index (χ4v) is 2.32. The van der Waals surface area contributed by atoms with Crippen molar-refractivity contribution >= 4 is 11.8 Å². The smallest absolute Gasteiger partial charge is 0.0291 e. The SMILES string of the molecule is CCCNC(C)c1ccc(SCCC)cc1. The Hall–Kier alpha value is -0.470. The summed E-state index contributed by atoms with van der Waals surface area (Å²) in [6, 6.07) is 9.42. The highest BCUT2D eigenvalue weighted by Gasteiger charge is 2.03. The molecule has 1 rings (SSSR count). The summed E-state index contributed by atoms with van der Waals surface area (Å²) in [4.78, 5) is 1.38. The molecule has 1 atom stereocenters. The first-order valence-electron chi connectivity index (χ1n) is 6.24. The minimum Gasteiger partial charge on any atom is -0.310 e. The van der Waals surface area contributed by atoms with Crippen molar-refractivity contribution in [3.8, 4) is 0 Å². The summed E-state index contributed by atoms with van der Waals surface area (Å²) in [5.74, 6) is 1.21. The molecule has 0 radical (unpaired) electrons. The molecule has 0 aliphatic carbocycles.